The molecule has 0 aliphatic carbocycles. The Balaban J connectivity index is 1.89. The van der Waals surface area contributed by atoms with E-state index in [0.29, 0.717) is 11.6 Å². The Morgan fingerprint density at radius 2 is 2.06 bits per heavy atom. The van der Waals surface area contributed by atoms with E-state index >= 15 is 0 Å². The van der Waals surface area contributed by atoms with Crippen LogP contribution in [0, 0.1) is 6.92 Å². The smallest absolute Gasteiger partial charge is 0.163 e. The maximum atomic E-state index is 11.4. The number of carbonyl (C=O) groups is 1. The molecule has 3 saturated heterocycles. The van der Waals surface area contributed by atoms with Crippen molar-refractivity contribution < 1.29 is 4.79 Å². The first-order chi connectivity index (χ1) is 8.65. The molecule has 1 aromatic heterocycles. The monoisotopic (exact) mass is 246 g/mol. The molecule has 4 rings (SSSR count). The van der Waals surface area contributed by atoms with Crippen molar-refractivity contribution in [2.45, 2.75) is 19.9 Å². The van der Waals surface area contributed by atoms with Gasteiger partial charge in [-0.05, 0) is 13.8 Å². The summed E-state index contributed by atoms with van der Waals surface area (Å²) in [5, 5.41) is 0. The van der Waals surface area contributed by atoms with Crippen LogP contribution in [0.1, 0.15) is 34.8 Å². The normalized spacial score (nSPS) is 30.4. The second-order valence-corrected chi connectivity index (χ2v) is 5.14. The van der Waals surface area contributed by atoms with Gasteiger partial charge in [-0.2, -0.15) is 0 Å². The zero-order valence-corrected chi connectivity index (χ0v) is 10.9. The second-order valence-electron chi connectivity index (χ2n) is 5.14. The number of hydrogen-bond donors (Lipinski definition) is 0. The van der Waals surface area contributed by atoms with Gasteiger partial charge in [-0.15, -0.1) is 0 Å². The molecule has 4 heterocycles. The molecule has 0 radical (unpaired) electrons. The summed E-state index contributed by atoms with van der Waals surface area (Å²) in [5.74, 6) is 0.898. The molecule has 96 valence electrons. The molecule has 0 N–H and O–H groups in total. The van der Waals surface area contributed by atoms with E-state index < -0.39 is 0 Å². The van der Waals surface area contributed by atoms with Crippen LogP contribution in [0.25, 0.3) is 0 Å². The van der Waals surface area contributed by atoms with E-state index in [0.717, 1.165) is 44.2 Å². The van der Waals surface area contributed by atoms with E-state index in [1.807, 2.05) is 6.92 Å². The highest BCUT2D eigenvalue weighted by molar-refractivity contribution is 5.94. The van der Waals surface area contributed by atoms with Crippen LogP contribution in [0.15, 0.2) is 6.20 Å². The molecule has 1 aromatic rings. The standard InChI is InChI=1S/C13H18N4O/c1-9-11(10(2)18)7-14-13(15-9)12-8-16-3-5-17(12)6-4-16/h7,12H,3-6,8H2,1-2H3. The van der Waals surface area contributed by atoms with Gasteiger partial charge in [0.05, 0.1) is 17.3 Å². The molecule has 1 unspecified atom stereocenters. The third kappa shape index (κ3) is 1.93. The van der Waals surface area contributed by atoms with Crippen molar-refractivity contribution >= 4 is 5.78 Å². The van der Waals surface area contributed by atoms with Gasteiger partial charge in [-0.3, -0.25) is 14.6 Å². The van der Waals surface area contributed by atoms with Crippen molar-refractivity contribution in [2.75, 3.05) is 32.7 Å². The summed E-state index contributed by atoms with van der Waals surface area (Å²) in [6.45, 7) is 8.96. The van der Waals surface area contributed by atoms with Gasteiger partial charge in [-0.25, -0.2) is 9.97 Å². The number of aromatic nitrogens is 2. The van der Waals surface area contributed by atoms with E-state index in [9.17, 15) is 4.79 Å². The molecular weight excluding hydrogens is 228 g/mol. The van der Waals surface area contributed by atoms with Crippen molar-refractivity contribution in [1.29, 1.82) is 0 Å². The third-order valence-corrected chi connectivity index (χ3v) is 3.95. The van der Waals surface area contributed by atoms with Crippen molar-refractivity contribution in [3.8, 4) is 0 Å². The molecule has 5 nitrogen and oxygen atoms in total. The third-order valence-electron chi connectivity index (χ3n) is 3.95. The van der Waals surface area contributed by atoms with Gasteiger partial charge >= 0.3 is 0 Å². The minimum atomic E-state index is 0.0354. The average Bonchev–Trinajstić information content (AvgIpc) is 2.39. The molecule has 0 amide bonds. The quantitative estimate of drug-likeness (QED) is 0.717. The fourth-order valence-electron chi connectivity index (χ4n) is 2.85. The van der Waals surface area contributed by atoms with E-state index in [4.69, 9.17) is 0 Å². The molecular formula is C13H18N4O. The Kier molecular flexibility index (Phi) is 2.87. The van der Waals surface area contributed by atoms with Crippen LogP contribution in [0.5, 0.6) is 0 Å². The Labute approximate surface area is 107 Å². The molecule has 1 atom stereocenters. The average molecular weight is 246 g/mol. The summed E-state index contributed by atoms with van der Waals surface area (Å²) in [4.78, 5) is 25.2. The maximum absolute atomic E-state index is 11.4. The Bertz CT molecular complexity index is 480. The summed E-state index contributed by atoms with van der Waals surface area (Å²) in [7, 11) is 0. The molecule has 3 aliphatic rings. The first-order valence-corrected chi connectivity index (χ1v) is 6.46. The molecule has 3 fully saturated rings. The number of fused-ring (bicyclic) bond motifs is 3. The summed E-state index contributed by atoms with van der Waals surface area (Å²) < 4.78 is 0. The number of ketones is 1. The van der Waals surface area contributed by atoms with Gasteiger partial charge in [0.15, 0.2) is 5.78 Å². The summed E-state index contributed by atoms with van der Waals surface area (Å²) in [5.41, 5.74) is 1.43. The van der Waals surface area contributed by atoms with E-state index in [-0.39, 0.29) is 5.78 Å². The van der Waals surface area contributed by atoms with Gasteiger partial charge in [0.1, 0.15) is 5.82 Å². The number of rotatable bonds is 2. The van der Waals surface area contributed by atoms with Crippen LogP contribution in [0.3, 0.4) is 0 Å². The maximum Gasteiger partial charge on any atom is 0.163 e. The minimum absolute atomic E-state index is 0.0354. The first-order valence-electron chi connectivity index (χ1n) is 6.46. The number of Topliss-reactive ketones (excluding diaryl/α,β-unsaturated/α-hetero) is 1. The zero-order chi connectivity index (χ0) is 12.7. The Morgan fingerprint density at radius 3 is 2.56 bits per heavy atom. The number of nitrogens with zero attached hydrogens (tertiary/aromatic N) is 4. The van der Waals surface area contributed by atoms with Gasteiger partial charge in [0.2, 0.25) is 0 Å². The molecule has 0 aromatic carbocycles. The topological polar surface area (TPSA) is 49.3 Å². The fourth-order valence-corrected chi connectivity index (χ4v) is 2.85. The van der Waals surface area contributed by atoms with Crippen molar-refractivity contribution in [3.05, 3.63) is 23.3 Å². The lowest BCUT2D eigenvalue weighted by atomic mass is 10.1. The summed E-state index contributed by atoms with van der Waals surface area (Å²) in [6, 6.07) is 0.298. The predicted molar refractivity (Wildman–Crippen MR) is 67.5 cm³/mol. The molecule has 0 saturated carbocycles. The molecule has 3 aliphatic heterocycles. The summed E-state index contributed by atoms with van der Waals surface area (Å²) in [6.07, 6.45) is 1.68. The van der Waals surface area contributed by atoms with Gasteiger partial charge in [0.25, 0.3) is 0 Å². The minimum Gasteiger partial charge on any atom is -0.299 e. The van der Waals surface area contributed by atoms with Crippen molar-refractivity contribution in [2.24, 2.45) is 0 Å². The first kappa shape index (κ1) is 11.7. The van der Waals surface area contributed by atoms with Crippen LogP contribution in [0.2, 0.25) is 0 Å². The van der Waals surface area contributed by atoms with Crippen molar-refractivity contribution in [1.82, 2.24) is 19.8 Å². The lowest BCUT2D eigenvalue weighted by Gasteiger charge is -2.46. The predicted octanol–water partition coefficient (Wildman–Crippen LogP) is 0.660. The zero-order valence-electron chi connectivity index (χ0n) is 10.9. The van der Waals surface area contributed by atoms with E-state index in [2.05, 4.69) is 19.8 Å². The van der Waals surface area contributed by atoms with Crippen molar-refractivity contribution in [3.63, 3.8) is 0 Å². The SMILES string of the molecule is CC(=O)c1cnc(C2CN3CCN2CC3)nc1C. The van der Waals surface area contributed by atoms with Crippen LogP contribution >= 0.6 is 0 Å². The fraction of sp³-hybridized carbons (Fsp3) is 0.615. The highest BCUT2D eigenvalue weighted by Gasteiger charge is 2.34. The largest absolute Gasteiger partial charge is 0.299 e. The van der Waals surface area contributed by atoms with E-state index in [1.165, 1.54) is 0 Å². The number of carbonyl (C=O) groups excluding carboxylic acids is 1. The number of aryl methyl sites for hydroxylation is 1. The highest BCUT2D eigenvalue weighted by atomic mass is 16.1. The highest BCUT2D eigenvalue weighted by Crippen LogP contribution is 2.26. The van der Waals surface area contributed by atoms with Crippen LogP contribution < -0.4 is 0 Å². The van der Waals surface area contributed by atoms with Gasteiger partial charge < -0.3 is 0 Å². The van der Waals surface area contributed by atoms with E-state index in [1.54, 1.807) is 13.1 Å². The molecule has 5 heteroatoms. The Hall–Kier alpha value is -1.33. The molecule has 2 bridgehead atoms. The van der Waals surface area contributed by atoms with Gasteiger partial charge in [0, 0.05) is 38.9 Å². The van der Waals surface area contributed by atoms with Crippen LogP contribution in [0.4, 0.5) is 0 Å². The summed E-state index contributed by atoms with van der Waals surface area (Å²) >= 11 is 0. The Morgan fingerprint density at radius 1 is 1.33 bits per heavy atom. The number of hydrogen-bond acceptors (Lipinski definition) is 5. The molecule has 0 spiro atoms. The number of piperazine rings is 3. The van der Waals surface area contributed by atoms with Gasteiger partial charge in [-0.1, -0.05) is 0 Å². The lowest BCUT2D eigenvalue weighted by molar-refractivity contribution is 0.00856. The van der Waals surface area contributed by atoms with Crippen LogP contribution in [-0.2, 0) is 0 Å². The van der Waals surface area contributed by atoms with Crippen LogP contribution in [-0.4, -0.2) is 58.3 Å². The second kappa shape index (κ2) is 4.40. The lowest BCUT2D eigenvalue weighted by Crippen LogP contribution is -2.57. The molecule has 18 heavy (non-hydrogen) atoms.